The molecule has 0 unspecified atom stereocenters. The minimum absolute atomic E-state index is 0.0656. The topological polar surface area (TPSA) is 75.8 Å². The summed E-state index contributed by atoms with van der Waals surface area (Å²) in [6.07, 6.45) is 4.98. The monoisotopic (exact) mass is 356 g/mol. The van der Waals surface area contributed by atoms with Gasteiger partial charge in [-0.2, -0.15) is 0 Å². The van der Waals surface area contributed by atoms with Crippen LogP contribution in [0, 0.1) is 17.3 Å². The number of carbonyl (C=O) groups is 1. The molecule has 4 aliphatic rings. The summed E-state index contributed by atoms with van der Waals surface area (Å²) in [6, 6.07) is 6.63. The molecule has 1 spiro atoms. The Morgan fingerprint density at radius 1 is 1.42 bits per heavy atom. The molecule has 1 heterocycles. The smallest absolute Gasteiger partial charge is 0.218 e. The summed E-state index contributed by atoms with van der Waals surface area (Å²) in [5.74, 6) is 1.44. The van der Waals surface area contributed by atoms with E-state index in [1.54, 1.807) is 7.11 Å². The van der Waals surface area contributed by atoms with Crippen molar-refractivity contribution in [2.24, 2.45) is 23.0 Å². The van der Waals surface area contributed by atoms with E-state index in [1.807, 2.05) is 6.07 Å². The number of rotatable bonds is 6. The molecule has 5 heteroatoms. The summed E-state index contributed by atoms with van der Waals surface area (Å²) in [5, 5.41) is 10.4. The molecule has 3 N–H and O–H groups in total. The van der Waals surface area contributed by atoms with Crippen LogP contribution < -0.4 is 10.5 Å². The second-order valence-electron chi connectivity index (χ2n) is 9.14. The third-order valence-corrected chi connectivity index (χ3v) is 7.57. The van der Waals surface area contributed by atoms with E-state index < -0.39 is 0 Å². The zero-order valence-corrected chi connectivity index (χ0v) is 15.4. The lowest BCUT2D eigenvalue weighted by atomic mass is 9.61. The first-order valence-corrected chi connectivity index (χ1v) is 9.82. The normalized spacial score (nSPS) is 37.6. The molecule has 2 bridgehead atoms. The van der Waals surface area contributed by atoms with Crippen LogP contribution >= 0.6 is 0 Å². The molecule has 26 heavy (non-hydrogen) atoms. The molecule has 1 aromatic carbocycles. The summed E-state index contributed by atoms with van der Waals surface area (Å²) in [6.45, 7) is 2.35. The number of ether oxygens (including phenoxy) is 1. The van der Waals surface area contributed by atoms with Gasteiger partial charge in [0.05, 0.1) is 7.11 Å². The van der Waals surface area contributed by atoms with Gasteiger partial charge in [-0.1, -0.05) is 6.07 Å². The number of aliphatic hydroxyl groups excluding tert-OH is 1. The maximum atomic E-state index is 12.1. The molecule has 5 nitrogen and oxygen atoms in total. The number of nitrogens with two attached hydrogens (primary N) is 1. The molecule has 4 atom stereocenters. The predicted molar refractivity (Wildman–Crippen MR) is 97.9 cm³/mol. The number of aliphatic hydroxyl groups is 1. The van der Waals surface area contributed by atoms with Gasteiger partial charge in [0.2, 0.25) is 5.91 Å². The molecule has 3 aliphatic carbocycles. The average Bonchev–Trinajstić information content (AvgIpc) is 3.39. The zero-order valence-electron chi connectivity index (χ0n) is 15.4. The van der Waals surface area contributed by atoms with Crippen LogP contribution in [0.25, 0.3) is 0 Å². The molecular formula is C21H28N2O3. The number of methoxy groups -OCH3 is 1. The highest BCUT2D eigenvalue weighted by atomic mass is 16.5. The number of fused-ring (bicyclic) bond motifs is 3. The molecule has 1 amide bonds. The van der Waals surface area contributed by atoms with Crippen LogP contribution in [0.1, 0.15) is 36.8 Å². The van der Waals surface area contributed by atoms with Crippen molar-refractivity contribution in [2.45, 2.75) is 43.6 Å². The maximum absolute atomic E-state index is 12.1. The summed E-state index contributed by atoms with van der Waals surface area (Å²) >= 11 is 0. The van der Waals surface area contributed by atoms with Gasteiger partial charge in [0.1, 0.15) is 5.75 Å². The molecule has 0 aromatic heterocycles. The van der Waals surface area contributed by atoms with Crippen molar-refractivity contribution in [2.75, 3.05) is 26.8 Å². The number of carbonyl (C=O) groups excluding carboxylic acids is 1. The molecule has 140 valence electrons. The number of hydrogen-bond donors (Lipinski definition) is 2. The molecular weight excluding hydrogens is 328 g/mol. The van der Waals surface area contributed by atoms with E-state index in [0.717, 1.165) is 37.6 Å². The Bertz CT molecular complexity index is 762. The first kappa shape index (κ1) is 16.6. The van der Waals surface area contributed by atoms with Gasteiger partial charge in [-0.05, 0) is 54.9 Å². The minimum Gasteiger partial charge on any atom is -0.497 e. The quantitative estimate of drug-likeness (QED) is 0.809. The SMILES string of the molecule is COc1ccc2c(c1)[C@]1(CC(N)=O)C[C@@]3(C2)CN(CC2CC2)[C@H]3[C@@H]1CO. The molecule has 1 aliphatic heterocycles. The zero-order chi connectivity index (χ0) is 18.1. The van der Waals surface area contributed by atoms with E-state index in [2.05, 4.69) is 17.0 Å². The molecule has 0 radical (unpaired) electrons. The highest BCUT2D eigenvalue weighted by molar-refractivity contribution is 5.76. The van der Waals surface area contributed by atoms with Crippen LogP contribution in [0.15, 0.2) is 18.2 Å². The van der Waals surface area contributed by atoms with Crippen LogP contribution in [0.2, 0.25) is 0 Å². The summed E-state index contributed by atoms with van der Waals surface area (Å²) in [7, 11) is 1.67. The first-order chi connectivity index (χ1) is 12.5. The lowest BCUT2D eigenvalue weighted by Crippen LogP contribution is -2.65. The highest BCUT2D eigenvalue weighted by Crippen LogP contribution is 2.67. The lowest BCUT2D eigenvalue weighted by Gasteiger charge is -2.56. The van der Waals surface area contributed by atoms with Crippen molar-refractivity contribution in [3.8, 4) is 5.75 Å². The van der Waals surface area contributed by atoms with Gasteiger partial charge in [0.15, 0.2) is 0 Å². The number of nitrogens with zero attached hydrogens (tertiary/aromatic N) is 1. The minimum atomic E-state index is -0.355. The van der Waals surface area contributed by atoms with Gasteiger partial charge in [0, 0.05) is 48.9 Å². The van der Waals surface area contributed by atoms with Crippen molar-refractivity contribution in [3.63, 3.8) is 0 Å². The van der Waals surface area contributed by atoms with Crippen molar-refractivity contribution < 1.29 is 14.6 Å². The van der Waals surface area contributed by atoms with E-state index in [4.69, 9.17) is 10.5 Å². The second kappa shape index (κ2) is 5.46. The van der Waals surface area contributed by atoms with Crippen molar-refractivity contribution in [3.05, 3.63) is 29.3 Å². The van der Waals surface area contributed by atoms with E-state index in [0.29, 0.717) is 12.5 Å². The van der Waals surface area contributed by atoms with Gasteiger partial charge in [0.25, 0.3) is 0 Å². The van der Waals surface area contributed by atoms with Crippen LogP contribution in [0.3, 0.4) is 0 Å². The van der Waals surface area contributed by atoms with Gasteiger partial charge < -0.3 is 15.6 Å². The Balaban J connectivity index is 1.61. The fourth-order valence-corrected chi connectivity index (χ4v) is 6.66. The Morgan fingerprint density at radius 2 is 2.23 bits per heavy atom. The Morgan fingerprint density at radius 3 is 2.88 bits per heavy atom. The van der Waals surface area contributed by atoms with Gasteiger partial charge in [-0.3, -0.25) is 9.69 Å². The highest BCUT2D eigenvalue weighted by Gasteiger charge is 2.70. The van der Waals surface area contributed by atoms with E-state index in [1.165, 1.54) is 24.0 Å². The lowest BCUT2D eigenvalue weighted by molar-refractivity contribution is -0.119. The van der Waals surface area contributed by atoms with E-state index in [9.17, 15) is 9.90 Å². The number of hydrogen-bond acceptors (Lipinski definition) is 4. The van der Waals surface area contributed by atoms with Crippen LogP contribution in [0.4, 0.5) is 0 Å². The Labute approximate surface area is 154 Å². The van der Waals surface area contributed by atoms with Crippen LogP contribution in [-0.2, 0) is 16.6 Å². The molecule has 1 aromatic rings. The summed E-state index contributed by atoms with van der Waals surface area (Å²) in [4.78, 5) is 14.7. The predicted octanol–water partition coefficient (Wildman–Crippen LogP) is 1.46. The maximum Gasteiger partial charge on any atom is 0.218 e. The Hall–Kier alpha value is -1.59. The standard InChI is InChI=1S/C21H28N2O3/c1-26-15-5-4-14-7-20-11-21(8-18(22)25,16(14)6-15)17(10-24)19(20)23(12-20)9-13-2-3-13/h4-6,13,17,19,24H,2-3,7-12H2,1H3,(H2,22,25)/t17-,19-,20-,21-/m0/s1. The largest absolute Gasteiger partial charge is 0.497 e. The fraction of sp³-hybridized carbons (Fsp3) is 0.667. The van der Waals surface area contributed by atoms with Crippen molar-refractivity contribution in [1.29, 1.82) is 0 Å². The molecule has 3 fully saturated rings. The molecule has 2 saturated carbocycles. The van der Waals surface area contributed by atoms with E-state index >= 15 is 0 Å². The first-order valence-electron chi connectivity index (χ1n) is 9.82. The third kappa shape index (κ3) is 2.13. The molecule has 5 rings (SSSR count). The van der Waals surface area contributed by atoms with Crippen molar-refractivity contribution >= 4 is 5.91 Å². The van der Waals surface area contributed by atoms with Crippen molar-refractivity contribution in [1.82, 2.24) is 4.90 Å². The van der Waals surface area contributed by atoms with Gasteiger partial charge in [-0.15, -0.1) is 0 Å². The summed E-state index contributed by atoms with van der Waals surface area (Å²) in [5.41, 5.74) is 8.05. The second-order valence-corrected chi connectivity index (χ2v) is 9.14. The van der Waals surface area contributed by atoms with E-state index in [-0.39, 0.29) is 29.3 Å². The number of benzene rings is 1. The van der Waals surface area contributed by atoms with Crippen LogP contribution in [0.5, 0.6) is 5.75 Å². The van der Waals surface area contributed by atoms with Crippen LogP contribution in [-0.4, -0.2) is 48.8 Å². The number of amides is 1. The molecule has 1 saturated heterocycles. The summed E-state index contributed by atoms with van der Waals surface area (Å²) < 4.78 is 5.47. The Kier molecular flexibility index (Phi) is 3.48. The third-order valence-electron chi connectivity index (χ3n) is 7.57. The average molecular weight is 356 g/mol. The van der Waals surface area contributed by atoms with Gasteiger partial charge >= 0.3 is 0 Å². The number of likely N-dealkylation sites (tertiary alicyclic amines) is 1. The van der Waals surface area contributed by atoms with Gasteiger partial charge in [-0.25, -0.2) is 0 Å². The fourth-order valence-electron chi connectivity index (χ4n) is 6.66. The number of primary amides is 1.